The number of rotatable bonds is 8. The first kappa shape index (κ1) is 20.4. The second-order valence-electron chi connectivity index (χ2n) is 6.69. The highest BCUT2D eigenvalue weighted by molar-refractivity contribution is 7.11. The van der Waals surface area contributed by atoms with Gasteiger partial charge in [-0.05, 0) is 45.9 Å². The minimum absolute atomic E-state index is 0.521. The molecule has 0 aliphatic heterocycles. The van der Waals surface area contributed by atoms with Gasteiger partial charge in [-0.3, -0.25) is 4.90 Å². The van der Waals surface area contributed by atoms with Crippen molar-refractivity contribution in [2.45, 2.75) is 53.4 Å². The minimum atomic E-state index is 0.521. The quantitative estimate of drug-likeness (QED) is 0.549. The summed E-state index contributed by atoms with van der Waals surface area (Å²) in [5.41, 5.74) is 2.60. The Kier molecular flexibility index (Phi) is 8.06. The highest BCUT2D eigenvalue weighted by Gasteiger charge is 2.08. The van der Waals surface area contributed by atoms with Gasteiger partial charge in [0.15, 0.2) is 5.96 Å². The molecule has 26 heavy (non-hydrogen) atoms. The number of nitrogens with one attached hydrogen (secondary N) is 2. The van der Waals surface area contributed by atoms with Crippen molar-refractivity contribution >= 4 is 17.3 Å². The molecule has 0 fully saturated rings. The molecule has 0 bridgehead atoms. The molecule has 0 amide bonds. The van der Waals surface area contributed by atoms with Crippen molar-refractivity contribution < 1.29 is 0 Å². The molecule has 2 N–H and O–H groups in total. The van der Waals surface area contributed by atoms with E-state index in [9.17, 15) is 0 Å². The summed E-state index contributed by atoms with van der Waals surface area (Å²) in [4.78, 5) is 12.7. The Bertz CT molecular complexity index is 708. The molecule has 0 spiro atoms. The zero-order valence-corrected chi connectivity index (χ0v) is 17.4. The number of hydrogen-bond acceptors (Lipinski definition) is 4. The average Bonchev–Trinajstić information content (AvgIpc) is 3.03. The Morgan fingerprint density at radius 3 is 2.58 bits per heavy atom. The summed E-state index contributed by atoms with van der Waals surface area (Å²) in [5.74, 6) is 0.826. The monoisotopic (exact) mass is 373 g/mol. The molecule has 6 heteroatoms. The molecule has 142 valence electrons. The molecule has 5 nitrogen and oxygen atoms in total. The fraction of sp³-hybridized carbons (Fsp3) is 0.500. The number of aromatic nitrogens is 1. The summed E-state index contributed by atoms with van der Waals surface area (Å²) < 4.78 is 0. The molecular formula is C20H31N5S. The number of benzene rings is 1. The van der Waals surface area contributed by atoms with Crippen molar-refractivity contribution in [3.63, 3.8) is 0 Å². The van der Waals surface area contributed by atoms with Crippen LogP contribution in [0, 0.1) is 6.92 Å². The molecule has 0 atom stereocenters. The average molecular weight is 374 g/mol. The highest BCUT2D eigenvalue weighted by Crippen LogP contribution is 2.14. The van der Waals surface area contributed by atoms with Gasteiger partial charge in [0.1, 0.15) is 5.01 Å². The Balaban J connectivity index is 2.04. The fourth-order valence-electron chi connectivity index (χ4n) is 2.47. The molecule has 1 aromatic heterocycles. The van der Waals surface area contributed by atoms with E-state index in [0.717, 1.165) is 24.1 Å². The second-order valence-corrected chi connectivity index (χ2v) is 8.01. The van der Waals surface area contributed by atoms with E-state index >= 15 is 0 Å². The van der Waals surface area contributed by atoms with Gasteiger partial charge in [-0.1, -0.05) is 24.3 Å². The number of aliphatic imine (C=N–C) groups is 1. The van der Waals surface area contributed by atoms with Crippen LogP contribution < -0.4 is 10.6 Å². The van der Waals surface area contributed by atoms with Crippen molar-refractivity contribution in [2.24, 2.45) is 4.99 Å². The van der Waals surface area contributed by atoms with Crippen molar-refractivity contribution in [3.05, 3.63) is 51.5 Å². The zero-order chi connectivity index (χ0) is 18.9. The van der Waals surface area contributed by atoms with Gasteiger partial charge in [0.2, 0.25) is 0 Å². The molecule has 0 aliphatic rings. The van der Waals surface area contributed by atoms with Crippen LogP contribution in [0.3, 0.4) is 0 Å². The summed E-state index contributed by atoms with van der Waals surface area (Å²) in [6.45, 7) is 11.7. The number of nitrogens with zero attached hydrogens (tertiary/aromatic N) is 3. The fourth-order valence-corrected chi connectivity index (χ4v) is 3.19. The predicted octanol–water partition coefficient (Wildman–Crippen LogP) is 3.55. The molecule has 0 radical (unpaired) electrons. The standard InChI is InChI=1S/C20H31N5S/c1-6-21-20(24-13-19-22-11-16(4)26-19)23-12-17-9-7-8-10-18(17)14-25(5)15(2)3/h7-11,15H,6,12-14H2,1-5H3,(H2,21,23,24). The molecule has 0 saturated heterocycles. The summed E-state index contributed by atoms with van der Waals surface area (Å²) in [5, 5.41) is 7.77. The van der Waals surface area contributed by atoms with E-state index in [4.69, 9.17) is 4.99 Å². The lowest BCUT2D eigenvalue weighted by Crippen LogP contribution is -2.36. The van der Waals surface area contributed by atoms with Crippen LogP contribution in [-0.2, 0) is 19.6 Å². The van der Waals surface area contributed by atoms with Gasteiger partial charge < -0.3 is 10.6 Å². The van der Waals surface area contributed by atoms with Gasteiger partial charge in [-0.2, -0.15) is 0 Å². The molecule has 2 aromatic rings. The first-order chi connectivity index (χ1) is 12.5. The van der Waals surface area contributed by atoms with Gasteiger partial charge in [0.05, 0.1) is 13.1 Å². The first-order valence-corrected chi connectivity index (χ1v) is 10.0. The van der Waals surface area contributed by atoms with E-state index in [0.29, 0.717) is 19.1 Å². The van der Waals surface area contributed by atoms with E-state index in [-0.39, 0.29) is 0 Å². The van der Waals surface area contributed by atoms with Gasteiger partial charge in [0.25, 0.3) is 0 Å². The normalized spacial score (nSPS) is 12.0. The van der Waals surface area contributed by atoms with Crippen molar-refractivity contribution in [1.82, 2.24) is 20.5 Å². The SMILES string of the molecule is CCNC(=NCc1ccccc1CN(C)C(C)C)NCc1ncc(C)s1. The van der Waals surface area contributed by atoms with Crippen LogP contribution in [0.15, 0.2) is 35.5 Å². The minimum Gasteiger partial charge on any atom is -0.357 e. The lowest BCUT2D eigenvalue weighted by Gasteiger charge is -2.22. The zero-order valence-electron chi connectivity index (χ0n) is 16.5. The predicted molar refractivity (Wildman–Crippen MR) is 112 cm³/mol. The molecule has 1 aromatic carbocycles. The maximum absolute atomic E-state index is 4.77. The summed E-state index contributed by atoms with van der Waals surface area (Å²) >= 11 is 1.71. The van der Waals surface area contributed by atoms with Crippen molar-refractivity contribution in [2.75, 3.05) is 13.6 Å². The van der Waals surface area contributed by atoms with Crippen LogP contribution in [-0.4, -0.2) is 35.5 Å². The molecule has 0 saturated carbocycles. The van der Waals surface area contributed by atoms with Gasteiger partial charge in [-0.15, -0.1) is 11.3 Å². The topological polar surface area (TPSA) is 52.6 Å². The van der Waals surface area contributed by atoms with Crippen LogP contribution in [0.25, 0.3) is 0 Å². The van der Waals surface area contributed by atoms with Crippen LogP contribution in [0.1, 0.15) is 41.8 Å². The lowest BCUT2D eigenvalue weighted by atomic mass is 10.1. The van der Waals surface area contributed by atoms with E-state index in [2.05, 4.69) is 79.5 Å². The first-order valence-electron chi connectivity index (χ1n) is 9.20. The van der Waals surface area contributed by atoms with Crippen LogP contribution in [0.2, 0.25) is 0 Å². The number of aryl methyl sites for hydroxylation is 1. The molecule has 1 heterocycles. The van der Waals surface area contributed by atoms with Gasteiger partial charge >= 0.3 is 0 Å². The lowest BCUT2D eigenvalue weighted by molar-refractivity contribution is 0.265. The van der Waals surface area contributed by atoms with E-state index in [1.165, 1.54) is 16.0 Å². The van der Waals surface area contributed by atoms with Crippen molar-refractivity contribution in [3.8, 4) is 0 Å². The van der Waals surface area contributed by atoms with Crippen molar-refractivity contribution in [1.29, 1.82) is 0 Å². The Morgan fingerprint density at radius 2 is 1.96 bits per heavy atom. The maximum atomic E-state index is 4.77. The highest BCUT2D eigenvalue weighted by atomic mass is 32.1. The third kappa shape index (κ3) is 6.42. The molecule has 2 rings (SSSR count). The van der Waals surface area contributed by atoms with Gasteiger partial charge in [-0.25, -0.2) is 9.98 Å². The van der Waals surface area contributed by atoms with E-state index < -0.39 is 0 Å². The second kappa shape index (κ2) is 10.3. The Labute approximate surface area is 161 Å². The third-order valence-corrected chi connectivity index (χ3v) is 5.16. The maximum Gasteiger partial charge on any atom is 0.191 e. The van der Waals surface area contributed by atoms with Crippen LogP contribution in [0.5, 0.6) is 0 Å². The smallest absolute Gasteiger partial charge is 0.191 e. The van der Waals surface area contributed by atoms with Crippen LogP contribution in [0.4, 0.5) is 0 Å². The van der Waals surface area contributed by atoms with E-state index in [1.54, 1.807) is 11.3 Å². The number of guanidine groups is 1. The molecule has 0 unspecified atom stereocenters. The van der Waals surface area contributed by atoms with Gasteiger partial charge in [0, 0.05) is 30.2 Å². The van der Waals surface area contributed by atoms with Crippen LogP contribution >= 0.6 is 11.3 Å². The van der Waals surface area contributed by atoms with E-state index in [1.807, 2.05) is 6.20 Å². The summed E-state index contributed by atoms with van der Waals surface area (Å²) in [6, 6.07) is 9.07. The largest absolute Gasteiger partial charge is 0.357 e. The number of thiazole rings is 1. The molecular weight excluding hydrogens is 342 g/mol. The molecule has 0 aliphatic carbocycles. The summed E-state index contributed by atoms with van der Waals surface area (Å²) in [6.07, 6.45) is 1.91. The number of hydrogen-bond donors (Lipinski definition) is 2. The Morgan fingerprint density at radius 1 is 1.23 bits per heavy atom. The summed E-state index contributed by atoms with van der Waals surface area (Å²) in [7, 11) is 2.16. The Hall–Kier alpha value is -1.92. The third-order valence-electron chi connectivity index (χ3n) is 4.25.